The van der Waals surface area contributed by atoms with Crippen LogP contribution in [0, 0.1) is 5.82 Å². The Morgan fingerprint density at radius 2 is 2.36 bits per heavy atom. The number of rotatable bonds is 4. The van der Waals surface area contributed by atoms with Crippen molar-refractivity contribution < 1.29 is 23.7 Å². The van der Waals surface area contributed by atoms with Crippen molar-refractivity contribution in [1.29, 1.82) is 0 Å². The third-order valence-corrected chi connectivity index (χ3v) is 4.24. The normalized spacial score (nSPS) is 22.6. The van der Waals surface area contributed by atoms with Crippen LogP contribution in [0.4, 0.5) is 20.6 Å². The second kappa shape index (κ2) is 6.75. The van der Waals surface area contributed by atoms with Crippen molar-refractivity contribution in [3.8, 4) is 0 Å². The molecule has 2 heterocycles. The second-order valence-electron chi connectivity index (χ2n) is 5.03. The number of ether oxygens (including phenoxy) is 1. The zero-order valence-corrected chi connectivity index (χ0v) is 12.8. The molecule has 7 nitrogen and oxygen atoms in total. The Balaban J connectivity index is 1.75. The number of hydroxylamine groups is 1. The van der Waals surface area contributed by atoms with Gasteiger partial charge in [0.25, 0.3) is 0 Å². The van der Waals surface area contributed by atoms with Crippen molar-refractivity contribution in [2.75, 3.05) is 42.3 Å². The molecule has 1 amide bonds. The molecule has 0 radical (unpaired) electrons. The minimum absolute atomic E-state index is 0.276. The van der Waals surface area contributed by atoms with Gasteiger partial charge in [-0.3, -0.25) is 9.74 Å². The van der Waals surface area contributed by atoms with E-state index in [4.69, 9.17) is 14.5 Å². The van der Waals surface area contributed by atoms with Gasteiger partial charge in [0.15, 0.2) is 0 Å². The summed E-state index contributed by atoms with van der Waals surface area (Å²) in [7, 11) is -0.276. The Hall–Kier alpha value is -1.47. The number of cyclic esters (lactones) is 1. The van der Waals surface area contributed by atoms with Crippen LogP contribution in [-0.4, -0.2) is 49.6 Å². The summed E-state index contributed by atoms with van der Waals surface area (Å²) in [6.07, 6.45) is -0.451. The van der Waals surface area contributed by atoms with Gasteiger partial charge in [-0.2, -0.15) is 5.48 Å². The molecule has 0 aromatic heterocycles. The van der Waals surface area contributed by atoms with Crippen LogP contribution in [0.1, 0.15) is 0 Å². The largest absolute Gasteiger partial charge is 0.443 e. The topological polar surface area (TPSA) is 74.3 Å². The van der Waals surface area contributed by atoms with E-state index < -0.39 is 11.9 Å². The first kappa shape index (κ1) is 15.4. The number of halogens is 1. The third-order valence-electron chi connectivity index (χ3n) is 3.60. The summed E-state index contributed by atoms with van der Waals surface area (Å²) < 4.78 is 19.5. The summed E-state index contributed by atoms with van der Waals surface area (Å²) >= 11 is 0. The maximum absolute atomic E-state index is 14.3. The maximum Gasteiger partial charge on any atom is 0.414 e. The molecule has 2 atom stereocenters. The van der Waals surface area contributed by atoms with Crippen molar-refractivity contribution in [1.82, 2.24) is 5.48 Å². The van der Waals surface area contributed by atoms with Gasteiger partial charge in [0.1, 0.15) is 11.9 Å². The Kier molecular flexibility index (Phi) is 4.73. The lowest BCUT2D eigenvalue weighted by Crippen LogP contribution is -2.43. The molecule has 9 heteroatoms. The second-order valence-corrected chi connectivity index (χ2v) is 5.75. The number of nitrogens with zero attached hydrogens (tertiary/aromatic N) is 2. The van der Waals surface area contributed by atoms with Gasteiger partial charge in [0.2, 0.25) is 0 Å². The van der Waals surface area contributed by atoms with E-state index in [0.717, 1.165) is 0 Å². The standard InChI is InChI=1S/C13H17FN3O4P/c14-11-5-9(17-6-10(7-22-19)21-13(17)18)1-2-12(11)16-3-4-20-15-8-16/h1-2,5,10,15,19,22H,3-4,6-8H2/t10-/m1/s1. The molecule has 0 bridgehead atoms. The first-order valence-electron chi connectivity index (χ1n) is 6.93. The van der Waals surface area contributed by atoms with E-state index in [2.05, 4.69) is 5.48 Å². The molecule has 3 rings (SSSR count). The fraction of sp³-hybridized carbons (Fsp3) is 0.462. The Bertz CT molecular complexity index is 556. The van der Waals surface area contributed by atoms with Gasteiger partial charge in [-0.25, -0.2) is 9.18 Å². The molecule has 2 aliphatic rings. The van der Waals surface area contributed by atoms with E-state index in [1.807, 2.05) is 4.90 Å². The summed E-state index contributed by atoms with van der Waals surface area (Å²) in [6.45, 7) is 1.80. The molecule has 1 unspecified atom stereocenters. The van der Waals surface area contributed by atoms with Crippen LogP contribution in [0.5, 0.6) is 0 Å². The molecular formula is C13H17FN3O4P. The molecule has 2 fully saturated rings. The Labute approximate surface area is 128 Å². The fourth-order valence-electron chi connectivity index (χ4n) is 2.50. The lowest BCUT2D eigenvalue weighted by molar-refractivity contribution is 0.0234. The molecule has 2 saturated heterocycles. The van der Waals surface area contributed by atoms with Crippen molar-refractivity contribution in [2.45, 2.75) is 6.10 Å². The average molecular weight is 329 g/mol. The molecule has 0 saturated carbocycles. The van der Waals surface area contributed by atoms with Crippen LogP contribution >= 0.6 is 8.81 Å². The highest BCUT2D eigenvalue weighted by Gasteiger charge is 2.32. The van der Waals surface area contributed by atoms with Crippen molar-refractivity contribution >= 4 is 26.3 Å². The molecule has 1 aromatic rings. The third kappa shape index (κ3) is 3.15. The first-order chi connectivity index (χ1) is 10.7. The smallest absolute Gasteiger partial charge is 0.414 e. The van der Waals surface area contributed by atoms with Gasteiger partial charge in [0, 0.05) is 21.5 Å². The molecular weight excluding hydrogens is 312 g/mol. The minimum atomic E-state index is -0.511. The number of hydrogen-bond donors (Lipinski definition) is 2. The molecule has 2 aliphatic heterocycles. The summed E-state index contributed by atoms with van der Waals surface area (Å²) in [4.78, 5) is 29.0. The zero-order chi connectivity index (χ0) is 15.5. The number of anilines is 2. The van der Waals surface area contributed by atoms with Crippen molar-refractivity contribution in [2.24, 2.45) is 0 Å². The fourth-order valence-corrected chi connectivity index (χ4v) is 2.91. The summed E-state index contributed by atoms with van der Waals surface area (Å²) in [5.41, 5.74) is 3.62. The zero-order valence-electron chi connectivity index (χ0n) is 11.8. The van der Waals surface area contributed by atoms with Crippen molar-refractivity contribution in [3.63, 3.8) is 0 Å². The number of amides is 1. The Morgan fingerprint density at radius 1 is 1.50 bits per heavy atom. The molecule has 120 valence electrons. The summed E-state index contributed by atoms with van der Waals surface area (Å²) in [5, 5.41) is 0. The van der Waals surface area contributed by atoms with Crippen LogP contribution in [0.15, 0.2) is 18.2 Å². The van der Waals surface area contributed by atoms with E-state index in [1.165, 1.54) is 11.0 Å². The predicted molar refractivity (Wildman–Crippen MR) is 80.7 cm³/mol. The van der Waals surface area contributed by atoms with Crippen molar-refractivity contribution in [3.05, 3.63) is 24.0 Å². The van der Waals surface area contributed by atoms with Gasteiger partial charge in [-0.15, -0.1) is 0 Å². The van der Waals surface area contributed by atoms with Gasteiger partial charge in [0.05, 0.1) is 31.2 Å². The highest BCUT2D eigenvalue weighted by molar-refractivity contribution is 7.31. The highest BCUT2D eigenvalue weighted by Crippen LogP contribution is 2.28. The number of benzene rings is 1. The number of carbonyl (C=O) groups is 1. The van der Waals surface area contributed by atoms with E-state index in [1.54, 1.807) is 12.1 Å². The van der Waals surface area contributed by atoms with Gasteiger partial charge in [-0.05, 0) is 18.2 Å². The number of carbonyl (C=O) groups excluding carboxylic acids is 1. The maximum atomic E-state index is 14.3. The van der Waals surface area contributed by atoms with Gasteiger partial charge >= 0.3 is 6.09 Å². The van der Waals surface area contributed by atoms with E-state index in [9.17, 15) is 9.18 Å². The number of nitrogens with one attached hydrogen (secondary N) is 1. The molecule has 2 N–H and O–H groups in total. The van der Waals surface area contributed by atoms with E-state index in [-0.39, 0.29) is 14.9 Å². The van der Waals surface area contributed by atoms with Crippen LogP contribution < -0.4 is 15.3 Å². The lowest BCUT2D eigenvalue weighted by Gasteiger charge is -2.29. The Morgan fingerprint density at radius 3 is 3.05 bits per heavy atom. The lowest BCUT2D eigenvalue weighted by atomic mass is 10.2. The highest BCUT2D eigenvalue weighted by atomic mass is 31.1. The van der Waals surface area contributed by atoms with Crippen LogP contribution in [0.3, 0.4) is 0 Å². The van der Waals surface area contributed by atoms with E-state index >= 15 is 0 Å². The van der Waals surface area contributed by atoms with Gasteiger partial charge < -0.3 is 14.5 Å². The van der Waals surface area contributed by atoms with E-state index in [0.29, 0.717) is 43.9 Å². The SMILES string of the molecule is O=C1O[C@@H](CPO)CN1c1ccc(N2CCONC2)c(F)c1. The van der Waals surface area contributed by atoms with Crippen LogP contribution in [0.25, 0.3) is 0 Å². The molecule has 1 aromatic carbocycles. The summed E-state index contributed by atoms with van der Waals surface area (Å²) in [6, 6.07) is 4.67. The van der Waals surface area contributed by atoms with Crippen LogP contribution in [-0.2, 0) is 9.57 Å². The predicted octanol–water partition coefficient (Wildman–Crippen LogP) is 1.04. The minimum Gasteiger partial charge on any atom is -0.443 e. The molecule has 22 heavy (non-hydrogen) atoms. The molecule has 0 spiro atoms. The summed E-state index contributed by atoms with van der Waals surface area (Å²) in [5.74, 6) is -0.401. The monoisotopic (exact) mass is 329 g/mol. The first-order valence-corrected chi connectivity index (χ1v) is 8.08. The van der Waals surface area contributed by atoms with Crippen LogP contribution in [0.2, 0.25) is 0 Å². The van der Waals surface area contributed by atoms with Gasteiger partial charge in [-0.1, -0.05) is 0 Å². The molecule has 0 aliphatic carbocycles. The average Bonchev–Trinajstić information content (AvgIpc) is 2.89. The number of hydrogen-bond acceptors (Lipinski definition) is 6. The quantitative estimate of drug-likeness (QED) is 0.804.